The van der Waals surface area contributed by atoms with Crippen molar-refractivity contribution in [3.05, 3.63) is 54.5 Å². The van der Waals surface area contributed by atoms with Crippen molar-refractivity contribution in [2.45, 2.75) is 18.4 Å². The topological polar surface area (TPSA) is 170 Å². The smallest absolute Gasteiger partial charge is 0.336 e. The lowest BCUT2D eigenvalue weighted by Gasteiger charge is -2.18. The molecular weight excluding hydrogens is 390 g/mol. The fourth-order valence-electron chi connectivity index (χ4n) is 1.83. The summed E-state index contributed by atoms with van der Waals surface area (Å²) >= 11 is 5.19. The van der Waals surface area contributed by atoms with E-state index in [1.807, 2.05) is 36.4 Å². The second-order valence-electron chi connectivity index (χ2n) is 5.36. The molecular formula is C17H17N3O7S. The summed E-state index contributed by atoms with van der Waals surface area (Å²) in [6, 6.07) is 11.2. The zero-order valence-electron chi connectivity index (χ0n) is 14.3. The molecule has 2 rings (SSSR count). The molecule has 5 N–H and O–H groups in total. The first kappa shape index (κ1) is 22.6. The van der Waals surface area contributed by atoms with Crippen molar-refractivity contribution in [3.8, 4) is 0 Å². The summed E-state index contributed by atoms with van der Waals surface area (Å²) in [5.41, 5.74) is -1.99. The third-order valence-electron chi connectivity index (χ3n) is 3.09. The Hall–Kier alpha value is -3.44. The van der Waals surface area contributed by atoms with Gasteiger partial charge in [-0.15, -0.1) is 0 Å². The van der Waals surface area contributed by atoms with Gasteiger partial charge < -0.3 is 25.7 Å². The molecule has 0 unspecified atom stereocenters. The number of aliphatic hydroxyl groups is 1. The molecule has 0 radical (unpaired) electrons. The van der Waals surface area contributed by atoms with Crippen LogP contribution in [0.5, 0.6) is 0 Å². The quantitative estimate of drug-likeness (QED) is 0.415. The van der Waals surface area contributed by atoms with Gasteiger partial charge in [-0.3, -0.25) is 14.6 Å². The van der Waals surface area contributed by atoms with Gasteiger partial charge in [0.1, 0.15) is 10.8 Å². The Labute approximate surface area is 164 Å². The van der Waals surface area contributed by atoms with Crippen LogP contribution in [0.2, 0.25) is 0 Å². The number of hydrogen-bond acceptors (Lipinski definition) is 7. The maximum absolute atomic E-state index is 10.3. The summed E-state index contributed by atoms with van der Waals surface area (Å²) in [5.74, 6) is -4.29. The Morgan fingerprint density at radius 2 is 1.46 bits per heavy atom. The molecule has 0 fully saturated rings. The van der Waals surface area contributed by atoms with Crippen LogP contribution in [-0.4, -0.2) is 58.9 Å². The monoisotopic (exact) mass is 407 g/mol. The second kappa shape index (κ2) is 10.6. The van der Waals surface area contributed by atoms with Gasteiger partial charge >= 0.3 is 17.9 Å². The standard InChI is InChI=1S/C11H9N3S.C6H8O7/c15-11(9-5-1-3-7-12-9)14-10-6-2-4-8-13-10;7-3(8)1-6(13,5(11)12)2-4(9)10/h1-8H,(H,13,14,15);13H,1-2H2,(H,7,8)(H,9,10)(H,11,12). The Balaban J connectivity index is 0.000000284. The van der Waals surface area contributed by atoms with E-state index in [-0.39, 0.29) is 0 Å². The van der Waals surface area contributed by atoms with Gasteiger partial charge in [0, 0.05) is 12.4 Å². The Kier molecular flexibility index (Phi) is 8.59. The highest BCUT2D eigenvalue weighted by Gasteiger charge is 2.40. The predicted molar refractivity (Wildman–Crippen MR) is 101 cm³/mol. The highest BCUT2D eigenvalue weighted by molar-refractivity contribution is 7.81. The van der Waals surface area contributed by atoms with Crippen molar-refractivity contribution < 1.29 is 34.8 Å². The van der Waals surface area contributed by atoms with E-state index >= 15 is 0 Å². The van der Waals surface area contributed by atoms with Crippen LogP contribution < -0.4 is 5.32 Å². The van der Waals surface area contributed by atoms with E-state index in [9.17, 15) is 14.4 Å². The first-order valence-corrected chi connectivity index (χ1v) is 8.07. The molecule has 0 aliphatic rings. The van der Waals surface area contributed by atoms with Gasteiger partial charge in [0.2, 0.25) is 0 Å². The number of anilines is 1. The average Bonchev–Trinajstić information content (AvgIpc) is 2.62. The van der Waals surface area contributed by atoms with Crippen LogP contribution in [0.4, 0.5) is 5.82 Å². The molecule has 148 valence electrons. The molecule has 0 amide bonds. The minimum absolute atomic E-state index is 0.578. The molecule has 2 heterocycles. The molecule has 11 heteroatoms. The molecule has 0 spiro atoms. The molecule has 10 nitrogen and oxygen atoms in total. The molecule has 2 aromatic rings. The highest BCUT2D eigenvalue weighted by Crippen LogP contribution is 2.15. The van der Waals surface area contributed by atoms with Crippen LogP contribution in [0, 0.1) is 0 Å². The van der Waals surface area contributed by atoms with E-state index < -0.39 is 36.4 Å². The van der Waals surface area contributed by atoms with Crippen LogP contribution in [0.25, 0.3) is 0 Å². The Morgan fingerprint density at radius 1 is 0.929 bits per heavy atom. The average molecular weight is 407 g/mol. The van der Waals surface area contributed by atoms with Gasteiger partial charge in [0.25, 0.3) is 0 Å². The molecule has 2 aromatic heterocycles. The second-order valence-corrected chi connectivity index (χ2v) is 5.77. The minimum Gasteiger partial charge on any atom is -0.481 e. The number of hydrogen-bond donors (Lipinski definition) is 5. The largest absolute Gasteiger partial charge is 0.481 e. The van der Waals surface area contributed by atoms with Gasteiger partial charge in [-0.25, -0.2) is 9.78 Å². The minimum atomic E-state index is -2.74. The third-order valence-corrected chi connectivity index (χ3v) is 3.40. The number of nitrogens with one attached hydrogen (secondary N) is 1. The Bertz CT molecular complexity index is 815. The number of carboxylic acid groups (broad SMARTS) is 3. The SMILES string of the molecule is O=C(O)CC(O)(CC(=O)O)C(=O)O.S=C(Nc1ccccn1)c1ccccn1. The van der Waals surface area contributed by atoms with Crippen molar-refractivity contribution in [2.75, 3.05) is 5.32 Å². The van der Waals surface area contributed by atoms with Crippen LogP contribution in [0.15, 0.2) is 48.8 Å². The van der Waals surface area contributed by atoms with Gasteiger partial charge in [0.15, 0.2) is 5.60 Å². The fourth-order valence-corrected chi connectivity index (χ4v) is 2.05. The molecule has 0 atom stereocenters. The first-order valence-electron chi connectivity index (χ1n) is 7.67. The zero-order valence-corrected chi connectivity index (χ0v) is 15.2. The number of nitrogens with zero attached hydrogens (tertiary/aromatic N) is 2. The normalized spacial score (nSPS) is 10.2. The molecule has 0 aliphatic heterocycles. The van der Waals surface area contributed by atoms with Crippen LogP contribution in [0.3, 0.4) is 0 Å². The molecule has 0 saturated heterocycles. The molecule has 28 heavy (non-hydrogen) atoms. The van der Waals surface area contributed by atoms with Crippen LogP contribution >= 0.6 is 12.2 Å². The number of rotatable bonds is 7. The van der Waals surface area contributed by atoms with Gasteiger partial charge in [-0.05, 0) is 24.3 Å². The summed E-state index contributed by atoms with van der Waals surface area (Å²) in [4.78, 5) is 39.3. The summed E-state index contributed by atoms with van der Waals surface area (Å²) in [7, 11) is 0. The van der Waals surface area contributed by atoms with E-state index in [1.165, 1.54) is 0 Å². The van der Waals surface area contributed by atoms with E-state index in [1.54, 1.807) is 12.4 Å². The number of aliphatic carboxylic acids is 3. The fraction of sp³-hybridized carbons (Fsp3) is 0.176. The molecule has 0 saturated carbocycles. The number of aromatic nitrogens is 2. The predicted octanol–water partition coefficient (Wildman–Crippen LogP) is 1.02. The lowest BCUT2D eigenvalue weighted by atomic mass is 9.96. The van der Waals surface area contributed by atoms with Crippen LogP contribution in [0.1, 0.15) is 18.5 Å². The Morgan fingerprint density at radius 3 is 1.86 bits per heavy atom. The molecule has 0 aromatic carbocycles. The van der Waals surface area contributed by atoms with Crippen LogP contribution in [-0.2, 0) is 14.4 Å². The summed E-state index contributed by atoms with van der Waals surface area (Å²) in [6.07, 6.45) is 1.13. The zero-order chi connectivity index (χ0) is 21.2. The maximum atomic E-state index is 10.3. The van der Waals surface area contributed by atoms with Crippen molar-refractivity contribution >= 4 is 40.9 Å². The molecule has 0 aliphatic carbocycles. The third kappa shape index (κ3) is 7.85. The van der Waals surface area contributed by atoms with Crippen molar-refractivity contribution in [1.29, 1.82) is 0 Å². The highest BCUT2D eigenvalue weighted by atomic mass is 32.1. The van der Waals surface area contributed by atoms with E-state index in [0.717, 1.165) is 11.5 Å². The number of carboxylic acids is 3. The summed E-state index contributed by atoms with van der Waals surface area (Å²) in [5, 5.41) is 36.8. The number of carbonyl (C=O) groups is 3. The van der Waals surface area contributed by atoms with Crippen molar-refractivity contribution in [1.82, 2.24) is 9.97 Å². The lowest BCUT2D eigenvalue weighted by molar-refractivity contribution is -0.170. The van der Waals surface area contributed by atoms with E-state index in [4.69, 9.17) is 32.6 Å². The lowest BCUT2D eigenvalue weighted by Crippen LogP contribution is -2.42. The number of thiocarbonyl (C=S) groups is 1. The summed E-state index contributed by atoms with van der Waals surface area (Å²) in [6.45, 7) is 0. The van der Waals surface area contributed by atoms with Gasteiger partial charge in [0.05, 0.1) is 18.5 Å². The van der Waals surface area contributed by atoms with Gasteiger partial charge in [-0.1, -0.05) is 24.4 Å². The first-order chi connectivity index (χ1) is 13.1. The number of pyridine rings is 2. The summed E-state index contributed by atoms with van der Waals surface area (Å²) < 4.78 is 0. The van der Waals surface area contributed by atoms with E-state index in [2.05, 4.69) is 15.3 Å². The van der Waals surface area contributed by atoms with Crippen molar-refractivity contribution in [3.63, 3.8) is 0 Å². The molecule has 0 bridgehead atoms. The maximum Gasteiger partial charge on any atom is 0.336 e. The van der Waals surface area contributed by atoms with E-state index in [0.29, 0.717) is 4.99 Å². The van der Waals surface area contributed by atoms with Crippen molar-refractivity contribution in [2.24, 2.45) is 0 Å². The van der Waals surface area contributed by atoms with Gasteiger partial charge in [-0.2, -0.15) is 0 Å².